The maximum Gasteiger partial charge on any atom is 0.241 e. The van der Waals surface area contributed by atoms with Crippen LogP contribution in [0.2, 0.25) is 0 Å². The van der Waals surface area contributed by atoms with Crippen molar-refractivity contribution in [1.82, 2.24) is 20.0 Å². The Morgan fingerprint density at radius 1 is 1.09 bits per heavy atom. The third kappa shape index (κ3) is 2.63. The molecule has 0 N–H and O–H groups in total. The van der Waals surface area contributed by atoms with E-state index in [4.69, 9.17) is 4.52 Å². The van der Waals surface area contributed by atoms with Crippen molar-refractivity contribution in [2.24, 2.45) is 0 Å². The van der Waals surface area contributed by atoms with E-state index in [0.29, 0.717) is 18.3 Å². The average molecular weight is 292 g/mol. The molecule has 2 aromatic heterocycles. The number of aromatic nitrogens is 3. The molecule has 1 aromatic carbocycles. The number of hydrogen-bond donors (Lipinski definition) is 0. The minimum atomic E-state index is 0.598. The first kappa shape index (κ1) is 13.2. The zero-order chi connectivity index (χ0) is 14.8. The Morgan fingerprint density at radius 3 is 2.86 bits per heavy atom. The molecule has 3 aromatic rings. The van der Waals surface area contributed by atoms with Crippen LogP contribution >= 0.6 is 0 Å². The largest absolute Gasteiger partial charge is 0.338 e. The third-order valence-electron chi connectivity index (χ3n) is 3.96. The molecule has 0 atom stereocenters. The predicted molar refractivity (Wildman–Crippen MR) is 81.8 cm³/mol. The lowest BCUT2D eigenvalue weighted by Crippen LogP contribution is -2.30. The Bertz CT molecular complexity index is 769. The van der Waals surface area contributed by atoms with Crippen LogP contribution in [0.25, 0.3) is 11.4 Å². The van der Waals surface area contributed by atoms with Gasteiger partial charge >= 0.3 is 0 Å². The second-order valence-corrected chi connectivity index (χ2v) is 5.48. The molecule has 110 valence electrons. The maximum absolute atomic E-state index is 5.38. The Morgan fingerprint density at radius 2 is 2.00 bits per heavy atom. The summed E-state index contributed by atoms with van der Waals surface area (Å²) in [5, 5.41) is 4.04. The van der Waals surface area contributed by atoms with Crippen LogP contribution in [-0.4, -0.2) is 26.6 Å². The summed E-state index contributed by atoms with van der Waals surface area (Å²) in [5.41, 5.74) is 3.71. The van der Waals surface area contributed by atoms with Crippen LogP contribution in [0.15, 0.2) is 53.3 Å². The number of nitrogens with zero attached hydrogens (tertiary/aromatic N) is 4. The first-order chi connectivity index (χ1) is 10.9. The van der Waals surface area contributed by atoms with Crippen molar-refractivity contribution in [2.75, 3.05) is 6.54 Å². The fourth-order valence-corrected chi connectivity index (χ4v) is 2.81. The van der Waals surface area contributed by atoms with Gasteiger partial charge in [-0.3, -0.25) is 9.88 Å². The molecular weight excluding hydrogens is 276 g/mol. The van der Waals surface area contributed by atoms with Gasteiger partial charge in [0, 0.05) is 31.0 Å². The van der Waals surface area contributed by atoms with Crippen molar-refractivity contribution in [3.63, 3.8) is 0 Å². The minimum absolute atomic E-state index is 0.598. The number of fused-ring (bicyclic) bond motifs is 1. The van der Waals surface area contributed by atoms with Gasteiger partial charge < -0.3 is 4.52 Å². The molecule has 5 heteroatoms. The van der Waals surface area contributed by atoms with Gasteiger partial charge in [-0.05, 0) is 29.7 Å². The predicted octanol–water partition coefficient (Wildman–Crippen LogP) is 2.69. The summed E-state index contributed by atoms with van der Waals surface area (Å²) in [6, 6.07) is 12.4. The highest BCUT2D eigenvalue weighted by atomic mass is 16.5. The molecular formula is C17H16N4O. The van der Waals surface area contributed by atoms with Gasteiger partial charge in [-0.15, -0.1) is 0 Å². The molecule has 3 heterocycles. The van der Waals surface area contributed by atoms with Crippen LogP contribution in [0.3, 0.4) is 0 Å². The number of rotatable bonds is 3. The van der Waals surface area contributed by atoms with Crippen molar-refractivity contribution >= 4 is 0 Å². The van der Waals surface area contributed by atoms with Gasteiger partial charge in [0.05, 0.1) is 6.54 Å². The Balaban J connectivity index is 1.48. The van der Waals surface area contributed by atoms with Crippen LogP contribution in [-0.2, 0) is 19.5 Å². The molecule has 0 saturated carbocycles. The first-order valence-electron chi connectivity index (χ1n) is 7.40. The lowest BCUT2D eigenvalue weighted by Gasteiger charge is -2.27. The van der Waals surface area contributed by atoms with E-state index in [2.05, 4.69) is 44.3 Å². The van der Waals surface area contributed by atoms with Crippen LogP contribution < -0.4 is 0 Å². The van der Waals surface area contributed by atoms with E-state index in [9.17, 15) is 0 Å². The van der Waals surface area contributed by atoms with Crippen LogP contribution in [0.4, 0.5) is 0 Å². The molecule has 0 amide bonds. The maximum atomic E-state index is 5.38. The molecule has 0 aliphatic carbocycles. The average Bonchev–Trinajstić information content (AvgIpc) is 3.04. The fraction of sp³-hybridized carbons (Fsp3) is 0.235. The third-order valence-corrected chi connectivity index (χ3v) is 3.96. The van der Waals surface area contributed by atoms with Gasteiger partial charge in [-0.25, -0.2) is 0 Å². The summed E-state index contributed by atoms with van der Waals surface area (Å²) in [6.07, 6.45) is 4.54. The van der Waals surface area contributed by atoms with E-state index in [1.807, 2.05) is 12.1 Å². The van der Waals surface area contributed by atoms with E-state index >= 15 is 0 Å². The second-order valence-electron chi connectivity index (χ2n) is 5.48. The Kier molecular flexibility index (Phi) is 3.40. The fourth-order valence-electron chi connectivity index (χ4n) is 2.81. The second kappa shape index (κ2) is 5.69. The summed E-state index contributed by atoms with van der Waals surface area (Å²) < 4.78 is 5.38. The number of pyridine rings is 1. The highest BCUT2D eigenvalue weighted by Crippen LogP contribution is 2.20. The summed E-state index contributed by atoms with van der Waals surface area (Å²) in [4.78, 5) is 10.9. The van der Waals surface area contributed by atoms with E-state index in [0.717, 1.165) is 25.1 Å². The number of benzene rings is 1. The molecule has 0 bridgehead atoms. The molecule has 22 heavy (non-hydrogen) atoms. The van der Waals surface area contributed by atoms with E-state index in [1.165, 1.54) is 11.1 Å². The van der Waals surface area contributed by atoms with Crippen molar-refractivity contribution in [2.45, 2.75) is 19.5 Å². The van der Waals surface area contributed by atoms with Gasteiger partial charge in [-0.1, -0.05) is 29.4 Å². The zero-order valence-corrected chi connectivity index (χ0v) is 12.1. The molecule has 1 aliphatic rings. The lowest BCUT2D eigenvalue weighted by molar-refractivity contribution is 0.210. The molecule has 0 fully saturated rings. The van der Waals surface area contributed by atoms with Crippen LogP contribution in [0.5, 0.6) is 0 Å². The Hall–Kier alpha value is -2.53. The highest BCUT2D eigenvalue weighted by Gasteiger charge is 2.18. The topological polar surface area (TPSA) is 55.1 Å². The smallest absolute Gasteiger partial charge is 0.241 e. The monoisotopic (exact) mass is 292 g/mol. The van der Waals surface area contributed by atoms with E-state index in [1.54, 1.807) is 12.4 Å². The van der Waals surface area contributed by atoms with E-state index < -0.39 is 0 Å². The van der Waals surface area contributed by atoms with Gasteiger partial charge in [0.2, 0.25) is 11.7 Å². The normalized spacial score (nSPS) is 14.7. The highest BCUT2D eigenvalue weighted by molar-refractivity contribution is 5.51. The summed E-state index contributed by atoms with van der Waals surface area (Å²) >= 11 is 0. The Labute approximate surface area is 128 Å². The molecule has 0 spiro atoms. The molecule has 0 unspecified atom stereocenters. The SMILES string of the molecule is c1cncc(-c2noc(CN3CCc4ccccc4C3)n2)c1. The molecule has 5 nitrogen and oxygen atoms in total. The summed E-state index contributed by atoms with van der Waals surface area (Å²) in [5.74, 6) is 1.25. The minimum Gasteiger partial charge on any atom is -0.338 e. The zero-order valence-electron chi connectivity index (χ0n) is 12.1. The van der Waals surface area contributed by atoms with Gasteiger partial charge in [0.1, 0.15) is 0 Å². The number of hydrogen-bond acceptors (Lipinski definition) is 5. The van der Waals surface area contributed by atoms with Gasteiger partial charge in [-0.2, -0.15) is 4.98 Å². The quantitative estimate of drug-likeness (QED) is 0.743. The van der Waals surface area contributed by atoms with Crippen molar-refractivity contribution in [1.29, 1.82) is 0 Å². The first-order valence-corrected chi connectivity index (χ1v) is 7.40. The lowest BCUT2D eigenvalue weighted by atomic mass is 10.00. The van der Waals surface area contributed by atoms with Gasteiger partial charge in [0.25, 0.3) is 0 Å². The van der Waals surface area contributed by atoms with E-state index in [-0.39, 0.29) is 0 Å². The standard InChI is InChI=1S/C17H16N4O/c1-2-5-15-11-21(9-7-13(15)4-1)12-16-19-17(20-22-16)14-6-3-8-18-10-14/h1-6,8,10H,7,9,11-12H2. The molecule has 0 saturated heterocycles. The van der Waals surface area contributed by atoms with Crippen molar-refractivity contribution in [3.8, 4) is 11.4 Å². The van der Waals surface area contributed by atoms with Gasteiger partial charge in [0.15, 0.2) is 0 Å². The molecule has 0 radical (unpaired) electrons. The molecule has 4 rings (SSSR count). The van der Waals surface area contributed by atoms with Crippen LogP contribution in [0.1, 0.15) is 17.0 Å². The summed E-state index contributed by atoms with van der Waals surface area (Å²) in [7, 11) is 0. The van der Waals surface area contributed by atoms with Crippen LogP contribution in [0, 0.1) is 0 Å². The summed E-state index contributed by atoms with van der Waals surface area (Å²) in [6.45, 7) is 2.63. The van der Waals surface area contributed by atoms with Crippen molar-refractivity contribution < 1.29 is 4.52 Å². The molecule has 1 aliphatic heterocycles. The van der Waals surface area contributed by atoms with Crippen molar-refractivity contribution in [3.05, 3.63) is 65.8 Å².